The first kappa shape index (κ1) is 24.9. The van der Waals surface area contributed by atoms with Gasteiger partial charge in [-0.05, 0) is 68.7 Å². The molecule has 1 aliphatic carbocycles. The molecule has 0 N–H and O–H groups in total. The molecular weight excluding hydrogens is 487 g/mol. The van der Waals surface area contributed by atoms with Crippen LogP contribution in [0.5, 0.6) is 5.75 Å². The van der Waals surface area contributed by atoms with Gasteiger partial charge in [-0.25, -0.2) is 0 Å². The fraction of sp³-hybridized carbons (Fsp3) is 0.370. The van der Waals surface area contributed by atoms with Crippen molar-refractivity contribution < 1.29 is 32.0 Å². The topological polar surface area (TPSA) is 79.4 Å². The van der Waals surface area contributed by atoms with Crippen LogP contribution in [-0.2, 0) is 29.2 Å². The molecule has 2 aromatic heterocycles. The monoisotopic (exact) mass is 513 g/mol. The van der Waals surface area contributed by atoms with Crippen molar-refractivity contribution in [2.24, 2.45) is 7.05 Å². The highest BCUT2D eigenvalue weighted by molar-refractivity contribution is 5.90. The van der Waals surface area contributed by atoms with Gasteiger partial charge in [-0.15, -0.1) is 0 Å². The van der Waals surface area contributed by atoms with E-state index in [2.05, 4.69) is 14.7 Å². The number of carbonyl (C=O) groups is 1. The van der Waals surface area contributed by atoms with Crippen LogP contribution in [0.4, 0.5) is 13.2 Å². The highest BCUT2D eigenvalue weighted by Gasteiger charge is 2.33. The summed E-state index contributed by atoms with van der Waals surface area (Å²) < 4.78 is 58.4. The summed E-state index contributed by atoms with van der Waals surface area (Å²) in [5.74, 6) is 0.152. The zero-order valence-electron chi connectivity index (χ0n) is 20.8. The molecule has 1 atom stereocenters. The quantitative estimate of drug-likeness (QED) is 0.282. The number of hydrogen-bond donors (Lipinski definition) is 0. The summed E-state index contributed by atoms with van der Waals surface area (Å²) in [6, 6.07) is 9.15. The molecule has 37 heavy (non-hydrogen) atoms. The standard InChI is InChI=1S/C27H26F3N3O4/c1-14(2)36-19-10-17(9-18(13-19)27(28,29)30)26-31-25(32-37-26)16-6-8-22-21(11-16)20-7-5-15(12-23(34)35-4)24(20)33(22)3/h6,8-11,13-15H,5,7,12H2,1-4H3. The number of methoxy groups -OCH3 is 1. The SMILES string of the molecule is COC(=O)CC1CCc2c1n(C)c1ccc(-c3noc(-c4cc(OC(C)C)cc(C(F)(F)F)c4)n3)cc21. The summed E-state index contributed by atoms with van der Waals surface area (Å²) in [6.07, 6.45) is -2.84. The van der Waals surface area contributed by atoms with E-state index in [1.165, 1.54) is 18.7 Å². The number of fused-ring (bicyclic) bond motifs is 3. The number of ether oxygens (including phenoxy) is 2. The minimum absolute atomic E-state index is 0.0359. The molecule has 10 heteroatoms. The molecule has 5 rings (SSSR count). The first-order valence-electron chi connectivity index (χ1n) is 12.0. The molecule has 2 aromatic carbocycles. The van der Waals surface area contributed by atoms with Crippen LogP contribution >= 0.6 is 0 Å². The molecule has 1 aliphatic rings. The van der Waals surface area contributed by atoms with Crippen LogP contribution in [0.3, 0.4) is 0 Å². The first-order chi connectivity index (χ1) is 17.5. The number of rotatable bonds is 6. The molecule has 0 radical (unpaired) electrons. The number of benzene rings is 2. The van der Waals surface area contributed by atoms with Crippen LogP contribution in [0.15, 0.2) is 40.9 Å². The lowest BCUT2D eigenvalue weighted by Crippen LogP contribution is -2.09. The van der Waals surface area contributed by atoms with Crippen molar-refractivity contribution in [2.75, 3.05) is 7.11 Å². The summed E-state index contributed by atoms with van der Waals surface area (Å²) in [5.41, 5.74) is 3.25. The van der Waals surface area contributed by atoms with Crippen molar-refractivity contribution in [1.29, 1.82) is 0 Å². The van der Waals surface area contributed by atoms with Crippen LogP contribution in [0, 0.1) is 0 Å². The molecule has 1 unspecified atom stereocenters. The van der Waals surface area contributed by atoms with Crippen molar-refractivity contribution in [3.05, 3.63) is 53.2 Å². The third-order valence-electron chi connectivity index (χ3n) is 6.66. The number of carbonyl (C=O) groups excluding carboxylic acids is 1. The second kappa shape index (κ2) is 9.24. The molecule has 4 aromatic rings. The lowest BCUT2D eigenvalue weighted by Gasteiger charge is -2.14. The molecule has 2 heterocycles. The van der Waals surface area contributed by atoms with Crippen LogP contribution in [0.25, 0.3) is 33.7 Å². The maximum absolute atomic E-state index is 13.5. The molecule has 7 nitrogen and oxygen atoms in total. The predicted octanol–water partition coefficient (Wildman–Crippen LogP) is 6.29. The van der Waals surface area contributed by atoms with Crippen LogP contribution in [0.1, 0.15) is 49.4 Å². The summed E-state index contributed by atoms with van der Waals surface area (Å²) in [6.45, 7) is 3.47. The lowest BCUT2D eigenvalue weighted by atomic mass is 10.0. The van der Waals surface area contributed by atoms with E-state index in [0.29, 0.717) is 12.0 Å². The Balaban J connectivity index is 1.51. The maximum atomic E-state index is 13.5. The van der Waals surface area contributed by atoms with Gasteiger partial charge in [-0.2, -0.15) is 18.2 Å². The largest absolute Gasteiger partial charge is 0.491 e. The van der Waals surface area contributed by atoms with Crippen LogP contribution in [-0.4, -0.2) is 33.9 Å². The lowest BCUT2D eigenvalue weighted by molar-refractivity contribution is -0.141. The zero-order valence-corrected chi connectivity index (χ0v) is 20.8. The molecule has 0 fully saturated rings. The maximum Gasteiger partial charge on any atom is 0.416 e. The third-order valence-corrected chi connectivity index (χ3v) is 6.66. The third kappa shape index (κ3) is 4.68. The zero-order chi connectivity index (χ0) is 26.5. The average Bonchev–Trinajstić information content (AvgIpc) is 3.55. The number of halogens is 3. The minimum Gasteiger partial charge on any atom is -0.491 e. The number of aromatic nitrogens is 3. The Labute approximate surface area is 211 Å². The van der Waals surface area contributed by atoms with Gasteiger partial charge in [-0.1, -0.05) is 5.16 Å². The number of esters is 1. The van der Waals surface area contributed by atoms with Crippen molar-refractivity contribution in [2.45, 2.75) is 51.3 Å². The van der Waals surface area contributed by atoms with Gasteiger partial charge < -0.3 is 18.6 Å². The number of hydrogen-bond acceptors (Lipinski definition) is 6. The normalized spacial score (nSPS) is 15.4. The van der Waals surface area contributed by atoms with Gasteiger partial charge in [0.05, 0.1) is 25.2 Å². The van der Waals surface area contributed by atoms with Crippen molar-refractivity contribution >= 4 is 16.9 Å². The second-order valence-electron chi connectivity index (χ2n) is 9.50. The molecule has 0 spiro atoms. The fourth-order valence-corrected chi connectivity index (χ4v) is 5.09. The van der Waals surface area contributed by atoms with Gasteiger partial charge in [0.25, 0.3) is 5.89 Å². The number of nitrogens with zero attached hydrogens (tertiary/aromatic N) is 3. The van der Waals surface area contributed by atoms with E-state index >= 15 is 0 Å². The molecule has 0 saturated carbocycles. The Hall–Kier alpha value is -3.82. The Bertz CT molecular complexity index is 1490. The summed E-state index contributed by atoms with van der Waals surface area (Å²) in [7, 11) is 3.37. The van der Waals surface area contributed by atoms with E-state index < -0.39 is 11.7 Å². The Morgan fingerprint density at radius 2 is 1.97 bits per heavy atom. The fourth-order valence-electron chi connectivity index (χ4n) is 5.09. The van der Waals surface area contributed by atoms with Crippen molar-refractivity contribution in [3.8, 4) is 28.6 Å². The second-order valence-corrected chi connectivity index (χ2v) is 9.50. The minimum atomic E-state index is -4.56. The Morgan fingerprint density at radius 1 is 1.19 bits per heavy atom. The molecule has 0 bridgehead atoms. The molecule has 0 aliphatic heterocycles. The van der Waals surface area contributed by atoms with Crippen LogP contribution < -0.4 is 4.74 Å². The Morgan fingerprint density at radius 3 is 2.68 bits per heavy atom. The van der Waals surface area contributed by atoms with Crippen molar-refractivity contribution in [3.63, 3.8) is 0 Å². The summed E-state index contributed by atoms with van der Waals surface area (Å²) in [5, 5.41) is 5.07. The highest BCUT2D eigenvalue weighted by atomic mass is 19.4. The van der Waals surface area contributed by atoms with Crippen molar-refractivity contribution in [1.82, 2.24) is 14.7 Å². The average molecular weight is 514 g/mol. The van der Waals surface area contributed by atoms with E-state index in [0.717, 1.165) is 41.6 Å². The van der Waals surface area contributed by atoms with Gasteiger partial charge in [-0.3, -0.25) is 4.79 Å². The summed E-state index contributed by atoms with van der Waals surface area (Å²) in [4.78, 5) is 16.3. The first-order valence-corrected chi connectivity index (χ1v) is 12.0. The number of alkyl halides is 3. The Kier molecular flexibility index (Phi) is 6.21. The van der Waals surface area contributed by atoms with E-state index in [4.69, 9.17) is 14.0 Å². The molecule has 0 amide bonds. The van der Waals surface area contributed by atoms with Gasteiger partial charge in [0.15, 0.2) is 0 Å². The predicted molar refractivity (Wildman–Crippen MR) is 130 cm³/mol. The van der Waals surface area contributed by atoms with Crippen LogP contribution in [0.2, 0.25) is 0 Å². The van der Waals surface area contributed by atoms with Gasteiger partial charge in [0, 0.05) is 40.7 Å². The van der Waals surface area contributed by atoms with E-state index in [-0.39, 0.29) is 41.0 Å². The van der Waals surface area contributed by atoms with Gasteiger partial charge >= 0.3 is 12.1 Å². The molecular formula is C27H26F3N3O4. The highest BCUT2D eigenvalue weighted by Crippen LogP contribution is 2.42. The summed E-state index contributed by atoms with van der Waals surface area (Å²) >= 11 is 0. The van der Waals surface area contributed by atoms with Gasteiger partial charge in [0.2, 0.25) is 5.82 Å². The number of aryl methyl sites for hydroxylation is 2. The molecule has 194 valence electrons. The van der Waals surface area contributed by atoms with E-state index in [9.17, 15) is 18.0 Å². The van der Waals surface area contributed by atoms with Gasteiger partial charge in [0.1, 0.15) is 5.75 Å². The molecule has 0 saturated heterocycles. The van der Waals surface area contributed by atoms with E-state index in [1.807, 2.05) is 25.2 Å². The smallest absolute Gasteiger partial charge is 0.416 e. The van der Waals surface area contributed by atoms with E-state index in [1.54, 1.807) is 13.8 Å².